The van der Waals surface area contributed by atoms with Crippen molar-refractivity contribution < 1.29 is 84.3 Å². The summed E-state index contributed by atoms with van der Waals surface area (Å²) in [5, 5.41) is 9.44. The molecule has 0 aliphatic carbocycles. The van der Waals surface area contributed by atoms with E-state index in [0.29, 0.717) is 65.8 Å². The number of ether oxygens (including phenoxy) is 2. The van der Waals surface area contributed by atoms with Crippen LogP contribution >= 0.6 is 0 Å². The molecule has 0 spiro atoms. The zero-order valence-corrected chi connectivity index (χ0v) is 44.6. The van der Waals surface area contributed by atoms with E-state index in [0.717, 1.165) is 12.1 Å². The Morgan fingerprint density at radius 3 is 1.89 bits per heavy atom. The van der Waals surface area contributed by atoms with Crippen LogP contribution in [0.25, 0.3) is 21.5 Å². The maximum atomic E-state index is 13.6. The summed E-state index contributed by atoms with van der Waals surface area (Å²) in [5.41, 5.74) is 0.826. The second-order valence-electron chi connectivity index (χ2n) is 18.3. The summed E-state index contributed by atoms with van der Waals surface area (Å²) in [5.74, 6) is -1.60. The van der Waals surface area contributed by atoms with E-state index in [9.17, 15) is 70.2 Å². The summed E-state index contributed by atoms with van der Waals surface area (Å²) in [6.45, 7) is 5.91. The molecule has 2 aliphatic rings. The number of nitrogens with one attached hydrogen (secondary N) is 1. The fourth-order valence-electron chi connectivity index (χ4n) is 9.84. The van der Waals surface area contributed by atoms with Crippen molar-refractivity contribution in [1.29, 1.82) is 0 Å². The molecule has 0 saturated heterocycles. The number of benzene rings is 4. The summed E-state index contributed by atoms with van der Waals surface area (Å²) < 4.78 is 183. The zero-order chi connectivity index (χ0) is 54.1. The van der Waals surface area contributed by atoms with Gasteiger partial charge in [0.15, 0.2) is 5.71 Å². The second kappa shape index (κ2) is 21.7. The van der Waals surface area contributed by atoms with Gasteiger partial charge in [0.2, 0.25) is 15.7 Å². The first-order chi connectivity index (χ1) is 33.9. The third-order valence-electron chi connectivity index (χ3n) is 13.0. The van der Waals surface area contributed by atoms with Crippen molar-refractivity contribution in [3.05, 3.63) is 95.7 Å². The molecule has 4 aromatic carbocycles. The van der Waals surface area contributed by atoms with Crippen LogP contribution in [0.15, 0.2) is 104 Å². The lowest BCUT2D eigenvalue weighted by Crippen LogP contribution is -2.31. The maximum absolute atomic E-state index is 13.6. The van der Waals surface area contributed by atoms with E-state index in [1.165, 1.54) is 32.4 Å². The third kappa shape index (κ3) is 12.4. The van der Waals surface area contributed by atoms with E-state index in [1.807, 2.05) is 23.3 Å². The van der Waals surface area contributed by atoms with Crippen molar-refractivity contribution in [3.8, 4) is 0 Å². The van der Waals surface area contributed by atoms with Gasteiger partial charge in [0.05, 0.1) is 34.2 Å². The minimum atomic E-state index is -5.06. The summed E-state index contributed by atoms with van der Waals surface area (Å²) in [4.78, 5) is 10.4. The lowest BCUT2D eigenvalue weighted by molar-refractivity contribution is -0.438. The Hall–Kier alpha value is -4.97. The van der Waals surface area contributed by atoms with Gasteiger partial charge in [-0.25, -0.2) is 13.1 Å². The summed E-state index contributed by atoms with van der Waals surface area (Å²) in [6.07, 6.45) is 9.84. The van der Waals surface area contributed by atoms with Gasteiger partial charge in [-0.3, -0.25) is 23.0 Å². The highest BCUT2D eigenvalue weighted by atomic mass is 32.2. The summed E-state index contributed by atoms with van der Waals surface area (Å²) >= 11 is 0. The summed E-state index contributed by atoms with van der Waals surface area (Å²) in [6, 6.07) is 10.0. The van der Waals surface area contributed by atoms with Crippen LogP contribution in [0.5, 0.6) is 0 Å². The molecule has 1 unspecified atom stereocenters. The number of nitrogens with zero attached hydrogens (tertiary/aromatic N) is 2. The molecule has 0 radical (unpaired) electrons. The Labute approximate surface area is 424 Å². The Balaban J connectivity index is 1.53. The van der Waals surface area contributed by atoms with Crippen LogP contribution in [-0.4, -0.2) is 134 Å². The van der Waals surface area contributed by atoms with Crippen LogP contribution in [0.3, 0.4) is 0 Å². The third-order valence-corrected chi connectivity index (χ3v) is 17.9. The largest absolute Gasteiger partial charge is 0.481 e. The number of hydrogen-bond acceptors (Lipinski definition) is 14. The quantitative estimate of drug-likeness (QED) is 0.0210. The molecule has 21 nitrogen and oxygen atoms in total. The first-order valence-corrected chi connectivity index (χ1v) is 30.1. The van der Waals surface area contributed by atoms with Crippen molar-refractivity contribution in [2.75, 3.05) is 57.7 Å². The molecule has 73 heavy (non-hydrogen) atoms. The predicted molar refractivity (Wildman–Crippen MR) is 272 cm³/mol. The van der Waals surface area contributed by atoms with E-state index in [2.05, 4.69) is 4.72 Å². The van der Waals surface area contributed by atoms with E-state index >= 15 is 0 Å². The molecular weight excluding hydrogens is 1050 g/mol. The smallest absolute Gasteiger partial charge is 0.303 e. The average molecular weight is 1110 g/mol. The highest BCUT2D eigenvalue weighted by Crippen LogP contribution is 2.54. The number of carboxylic acid groups (broad SMARTS) is 1. The number of methoxy groups -OCH3 is 2. The van der Waals surface area contributed by atoms with Gasteiger partial charge >= 0.3 is 5.97 Å². The molecule has 2 heterocycles. The van der Waals surface area contributed by atoms with Crippen molar-refractivity contribution in [2.24, 2.45) is 0 Å². The molecule has 0 aromatic heterocycles. The number of fused-ring (bicyclic) bond motifs is 6. The number of anilines is 1. The van der Waals surface area contributed by atoms with Gasteiger partial charge in [0, 0.05) is 85.4 Å². The number of carboxylic acids is 1. The minimum Gasteiger partial charge on any atom is -0.481 e. The lowest BCUT2D eigenvalue weighted by atomic mass is 9.75. The SMILES string of the molecule is COCCNS(=O)(=O)c1cc(S(=O)(=O)O)c2ccc3c(c2c1)C(C)(CCCS(=O)(=O)O)\C(=C/C=C/C=C/C1=[N+](CCCCCC(=O)O)c2ccc4c(S(=O)(=O)O)cc(S(=O)(=O)O)cc4c2C1(C)C)N3CCOC. The van der Waals surface area contributed by atoms with Crippen molar-refractivity contribution in [1.82, 2.24) is 4.72 Å². The van der Waals surface area contributed by atoms with E-state index < -0.39 is 92.6 Å². The molecule has 0 saturated carbocycles. The van der Waals surface area contributed by atoms with E-state index in [-0.39, 0.29) is 67.1 Å². The molecule has 0 amide bonds. The zero-order valence-electron chi connectivity index (χ0n) is 40.5. The number of allylic oxidation sites excluding steroid dienone is 6. The van der Waals surface area contributed by atoms with Gasteiger partial charge in [0.25, 0.3) is 40.5 Å². The van der Waals surface area contributed by atoms with Crippen molar-refractivity contribution in [3.63, 3.8) is 0 Å². The maximum Gasteiger partial charge on any atom is 0.303 e. The van der Waals surface area contributed by atoms with Crippen LogP contribution in [0.4, 0.5) is 11.4 Å². The van der Waals surface area contributed by atoms with Crippen LogP contribution in [-0.2, 0) is 75.6 Å². The molecule has 0 bridgehead atoms. The lowest BCUT2D eigenvalue weighted by Gasteiger charge is -2.30. The van der Waals surface area contributed by atoms with Gasteiger partial charge < -0.3 is 19.5 Å². The standard InChI is InChI=1S/C47H57N3O18S5/c1-46(2)41(49(22-11-7-10-15-43(51)52)37-18-16-33-35(44(37)46)28-32(71(58,59)60)30-40(33)73(64,65)66)13-8-6-9-14-42-47(3,20-12-26-69(53,54)55)45-36-27-31(70(56,57)48-21-24-67-4)29-39(72(61,62)63)34(36)17-19-38(45)50(42)23-25-68-5/h6,8-9,13-14,16-19,27-30,48H,7,10-12,15,20-26H2,1-5H3,(H4-,51,52,53,54,55,58,59,60,61,62,63,64,65,66)/p+1. The molecule has 26 heteroatoms. The molecule has 398 valence electrons. The molecule has 6 N–H and O–H groups in total. The Kier molecular flexibility index (Phi) is 17.0. The van der Waals surface area contributed by atoms with E-state index in [4.69, 9.17) is 9.47 Å². The first kappa shape index (κ1) is 57.3. The van der Waals surface area contributed by atoms with Crippen LogP contribution < -0.4 is 9.62 Å². The van der Waals surface area contributed by atoms with Crippen molar-refractivity contribution in [2.45, 2.75) is 89.7 Å². The Morgan fingerprint density at radius 2 is 1.30 bits per heavy atom. The number of hydrogen-bond donors (Lipinski definition) is 6. The highest BCUT2D eigenvalue weighted by molar-refractivity contribution is 7.89. The van der Waals surface area contributed by atoms with Gasteiger partial charge in [0.1, 0.15) is 16.3 Å². The fourth-order valence-corrected chi connectivity index (χ4v) is 13.6. The fraction of sp³-hybridized carbons (Fsp3) is 0.404. The number of carbonyl (C=O) groups is 1. The van der Waals surface area contributed by atoms with E-state index in [1.54, 1.807) is 49.4 Å². The monoisotopic (exact) mass is 1110 g/mol. The number of unbranched alkanes of at least 4 members (excludes halogenated alkanes) is 2. The summed E-state index contributed by atoms with van der Waals surface area (Å²) in [7, 11) is -21.1. The van der Waals surface area contributed by atoms with Crippen molar-refractivity contribution >= 4 is 95.1 Å². The molecular formula is C47H58N3O18S5+. The number of aliphatic carboxylic acids is 1. The molecule has 2 aliphatic heterocycles. The second-order valence-corrected chi connectivity index (χ2v) is 25.8. The molecule has 1 atom stereocenters. The molecule has 6 rings (SSSR count). The number of rotatable bonds is 24. The van der Waals surface area contributed by atoms with Crippen LogP contribution in [0.2, 0.25) is 0 Å². The van der Waals surface area contributed by atoms with Crippen LogP contribution in [0, 0.1) is 0 Å². The topological polar surface area (TPSA) is 326 Å². The van der Waals surface area contributed by atoms with Crippen LogP contribution in [0.1, 0.15) is 70.4 Å². The minimum absolute atomic E-state index is 0.00585. The van der Waals surface area contributed by atoms with Gasteiger partial charge in [-0.15, -0.1) is 0 Å². The first-order valence-electron chi connectivity index (χ1n) is 22.7. The van der Waals surface area contributed by atoms with Gasteiger partial charge in [-0.05, 0) is 105 Å². The Bertz CT molecular complexity index is 3570. The van der Waals surface area contributed by atoms with Gasteiger partial charge in [-0.1, -0.05) is 24.3 Å². The number of sulfonamides is 1. The normalized spacial score (nSPS) is 18.0. The predicted octanol–water partition coefficient (Wildman–Crippen LogP) is 5.77. The average Bonchev–Trinajstić information content (AvgIpc) is 3.64. The Morgan fingerprint density at radius 1 is 0.699 bits per heavy atom. The molecule has 0 fully saturated rings. The molecule has 4 aromatic rings. The van der Waals surface area contributed by atoms with Gasteiger partial charge in [-0.2, -0.15) is 38.2 Å². The highest BCUT2D eigenvalue weighted by Gasteiger charge is 2.47.